The first-order valence-corrected chi connectivity index (χ1v) is 6.55. The molecule has 7 heteroatoms. The quantitative estimate of drug-likeness (QED) is 0.868. The Morgan fingerprint density at radius 3 is 2.76 bits per heavy atom. The van der Waals surface area contributed by atoms with E-state index in [4.69, 9.17) is 23.2 Å². The summed E-state index contributed by atoms with van der Waals surface area (Å²) in [5.41, 5.74) is 0. The number of hydrogen-bond donors (Lipinski definition) is 0. The van der Waals surface area contributed by atoms with E-state index >= 15 is 0 Å². The fourth-order valence-corrected chi connectivity index (χ4v) is 2.57. The number of halogens is 2. The molecule has 90 valence electrons. The van der Waals surface area contributed by atoms with Crippen molar-refractivity contribution in [1.82, 2.24) is 15.2 Å². The summed E-state index contributed by atoms with van der Waals surface area (Å²) in [7, 11) is 1.90. The highest BCUT2D eigenvalue weighted by atomic mass is 35.5. The van der Waals surface area contributed by atoms with Crippen LogP contribution >= 0.6 is 34.5 Å². The fourth-order valence-electron chi connectivity index (χ4n) is 1.41. The van der Waals surface area contributed by atoms with E-state index in [1.54, 1.807) is 11.3 Å². The average Bonchev–Trinajstić information content (AvgIpc) is 2.84. The minimum Gasteiger partial charge on any atom is -0.349 e. The van der Waals surface area contributed by atoms with Crippen LogP contribution in [0.1, 0.15) is 17.8 Å². The Morgan fingerprint density at radius 1 is 1.35 bits per heavy atom. The number of hydrogen-bond acceptors (Lipinski definition) is 5. The number of nitrogens with zero attached hydrogens (tertiary/aromatic N) is 4. The molecule has 0 saturated carbocycles. The van der Waals surface area contributed by atoms with Crippen LogP contribution in [-0.4, -0.2) is 22.2 Å². The summed E-state index contributed by atoms with van der Waals surface area (Å²) in [6.45, 7) is 2.07. The smallest absolute Gasteiger partial charge is 0.245 e. The Morgan fingerprint density at radius 2 is 2.12 bits per heavy atom. The lowest BCUT2D eigenvalue weighted by Gasteiger charge is -2.25. The first kappa shape index (κ1) is 12.5. The monoisotopic (exact) mass is 288 g/mol. The van der Waals surface area contributed by atoms with Gasteiger partial charge in [0.25, 0.3) is 0 Å². The van der Waals surface area contributed by atoms with Gasteiger partial charge in [0.2, 0.25) is 5.28 Å². The van der Waals surface area contributed by atoms with Crippen LogP contribution in [0.3, 0.4) is 0 Å². The van der Waals surface area contributed by atoms with Crippen LogP contribution in [0.4, 0.5) is 5.82 Å². The highest BCUT2D eigenvalue weighted by molar-refractivity contribution is 7.10. The average molecular weight is 289 g/mol. The molecule has 0 N–H and O–H groups in total. The number of anilines is 1. The lowest BCUT2D eigenvalue weighted by atomic mass is 10.2. The van der Waals surface area contributed by atoms with Gasteiger partial charge < -0.3 is 4.90 Å². The van der Waals surface area contributed by atoms with E-state index < -0.39 is 0 Å². The van der Waals surface area contributed by atoms with E-state index in [1.807, 2.05) is 23.4 Å². The van der Waals surface area contributed by atoms with Gasteiger partial charge in [0.05, 0.1) is 6.04 Å². The van der Waals surface area contributed by atoms with Crippen LogP contribution in [0.15, 0.2) is 17.5 Å². The molecule has 2 rings (SSSR count). The molecule has 4 nitrogen and oxygen atoms in total. The molecule has 0 aliphatic heterocycles. The van der Waals surface area contributed by atoms with Crippen molar-refractivity contribution in [3.05, 3.63) is 32.8 Å². The predicted octanol–water partition coefficient (Wildman–Crippen LogP) is 3.44. The van der Waals surface area contributed by atoms with Gasteiger partial charge in [-0.3, -0.25) is 0 Å². The van der Waals surface area contributed by atoms with E-state index in [0.717, 1.165) is 0 Å². The molecule has 2 aromatic rings. The van der Waals surface area contributed by atoms with Crippen LogP contribution in [0.25, 0.3) is 0 Å². The molecule has 0 saturated heterocycles. The minimum absolute atomic E-state index is 0.0922. The van der Waals surface area contributed by atoms with Crippen LogP contribution in [0.2, 0.25) is 10.4 Å². The van der Waals surface area contributed by atoms with Crippen molar-refractivity contribution in [1.29, 1.82) is 0 Å². The van der Waals surface area contributed by atoms with Gasteiger partial charge in [-0.15, -0.1) is 21.5 Å². The van der Waals surface area contributed by atoms with Gasteiger partial charge in [0, 0.05) is 11.9 Å². The summed E-state index contributed by atoms with van der Waals surface area (Å²) in [4.78, 5) is 7.24. The van der Waals surface area contributed by atoms with Crippen LogP contribution in [0.5, 0.6) is 0 Å². The molecule has 0 aliphatic rings. The molecule has 1 atom stereocenters. The van der Waals surface area contributed by atoms with Gasteiger partial charge in [0.1, 0.15) is 0 Å². The van der Waals surface area contributed by atoms with Crippen molar-refractivity contribution in [2.24, 2.45) is 0 Å². The Labute approximate surface area is 113 Å². The lowest BCUT2D eigenvalue weighted by Crippen LogP contribution is -2.22. The summed E-state index contributed by atoms with van der Waals surface area (Å²) in [5.74, 6) is 0.535. The first-order chi connectivity index (χ1) is 8.09. The SMILES string of the molecule is CC(c1cccs1)N(C)c1nc(Cl)nnc1Cl. The van der Waals surface area contributed by atoms with E-state index in [1.165, 1.54) is 4.88 Å². The van der Waals surface area contributed by atoms with Crippen molar-refractivity contribution < 1.29 is 0 Å². The van der Waals surface area contributed by atoms with E-state index in [0.29, 0.717) is 5.82 Å². The van der Waals surface area contributed by atoms with E-state index in [-0.39, 0.29) is 16.5 Å². The van der Waals surface area contributed by atoms with Crippen LogP contribution in [-0.2, 0) is 0 Å². The third kappa shape index (κ3) is 2.68. The summed E-state index contributed by atoms with van der Waals surface area (Å²) in [6.07, 6.45) is 0. The van der Waals surface area contributed by atoms with Gasteiger partial charge in [-0.05, 0) is 30.0 Å². The number of thiophene rings is 1. The normalized spacial score (nSPS) is 12.5. The molecular weight excluding hydrogens is 279 g/mol. The zero-order valence-electron chi connectivity index (χ0n) is 9.26. The summed E-state index contributed by atoms with van der Waals surface area (Å²) < 4.78 is 0. The Bertz CT molecular complexity index is 503. The molecule has 0 fully saturated rings. The maximum atomic E-state index is 5.96. The molecule has 0 spiro atoms. The highest BCUT2D eigenvalue weighted by Crippen LogP contribution is 2.30. The van der Waals surface area contributed by atoms with Crippen molar-refractivity contribution >= 4 is 40.4 Å². The third-order valence-corrected chi connectivity index (χ3v) is 3.92. The molecule has 0 aromatic carbocycles. The largest absolute Gasteiger partial charge is 0.349 e. The molecule has 0 radical (unpaired) electrons. The van der Waals surface area contributed by atoms with Crippen molar-refractivity contribution in [2.45, 2.75) is 13.0 Å². The zero-order valence-corrected chi connectivity index (χ0v) is 11.6. The second kappa shape index (κ2) is 5.16. The van der Waals surface area contributed by atoms with Gasteiger partial charge in [-0.25, -0.2) is 0 Å². The topological polar surface area (TPSA) is 41.9 Å². The van der Waals surface area contributed by atoms with Gasteiger partial charge in [0.15, 0.2) is 11.0 Å². The molecule has 2 aromatic heterocycles. The van der Waals surface area contributed by atoms with Crippen LogP contribution in [0, 0.1) is 0 Å². The lowest BCUT2D eigenvalue weighted by molar-refractivity contribution is 0.733. The van der Waals surface area contributed by atoms with Gasteiger partial charge in [-0.2, -0.15) is 4.98 Å². The molecule has 0 bridgehead atoms. The predicted molar refractivity (Wildman–Crippen MR) is 71.0 cm³/mol. The maximum absolute atomic E-state index is 5.96. The molecule has 17 heavy (non-hydrogen) atoms. The third-order valence-electron chi connectivity index (χ3n) is 2.47. The molecule has 1 unspecified atom stereocenters. The summed E-state index contributed by atoms with van der Waals surface area (Å²) in [5, 5.41) is 9.72. The Hall–Kier alpha value is -0.910. The highest BCUT2D eigenvalue weighted by Gasteiger charge is 2.18. The minimum atomic E-state index is 0.0922. The summed E-state index contributed by atoms with van der Waals surface area (Å²) >= 11 is 13.4. The Kier molecular flexibility index (Phi) is 3.81. The van der Waals surface area contributed by atoms with E-state index in [2.05, 4.69) is 28.2 Å². The maximum Gasteiger partial charge on any atom is 0.245 e. The molecule has 0 amide bonds. The second-order valence-electron chi connectivity index (χ2n) is 3.50. The first-order valence-electron chi connectivity index (χ1n) is 4.91. The molecule has 0 aliphatic carbocycles. The number of rotatable bonds is 3. The second-order valence-corrected chi connectivity index (χ2v) is 5.17. The van der Waals surface area contributed by atoms with Crippen molar-refractivity contribution in [3.8, 4) is 0 Å². The van der Waals surface area contributed by atoms with Gasteiger partial charge >= 0.3 is 0 Å². The van der Waals surface area contributed by atoms with E-state index in [9.17, 15) is 0 Å². The molecular formula is C10H10Cl2N4S. The standard InChI is InChI=1S/C10H10Cl2N4S/c1-6(7-4-3-5-17-7)16(2)9-8(11)14-15-10(12)13-9/h3-6H,1-2H3. The molecule has 2 heterocycles. The number of aromatic nitrogens is 3. The summed E-state index contributed by atoms with van der Waals surface area (Å²) in [6, 6.07) is 4.23. The van der Waals surface area contributed by atoms with Crippen molar-refractivity contribution in [2.75, 3.05) is 11.9 Å². The Balaban J connectivity index is 2.30. The van der Waals surface area contributed by atoms with Gasteiger partial charge in [-0.1, -0.05) is 17.7 Å². The fraction of sp³-hybridized carbons (Fsp3) is 0.300. The van der Waals surface area contributed by atoms with Crippen molar-refractivity contribution in [3.63, 3.8) is 0 Å². The zero-order chi connectivity index (χ0) is 12.4. The van der Waals surface area contributed by atoms with Crippen LogP contribution < -0.4 is 4.90 Å².